The number of aromatic hydroxyl groups is 2. The van der Waals surface area contributed by atoms with Crippen molar-refractivity contribution in [3.63, 3.8) is 0 Å². The number of hydrogen-bond acceptors (Lipinski definition) is 2. The minimum absolute atomic E-state index is 0.128. The van der Waals surface area contributed by atoms with Crippen molar-refractivity contribution in [3.05, 3.63) is 60.2 Å². The molecule has 0 saturated carbocycles. The molecule has 2 nitrogen and oxygen atoms in total. The van der Waals surface area contributed by atoms with Crippen molar-refractivity contribution in [1.82, 2.24) is 0 Å². The fraction of sp³-hybridized carbons (Fsp3) is 0.368. The molecule has 21 heavy (non-hydrogen) atoms. The number of phenolic OH excluding ortho intramolecular Hbond substituents is 2. The summed E-state index contributed by atoms with van der Waals surface area (Å²) in [6.07, 6.45) is 19.1. The molecule has 0 atom stereocenters. The Morgan fingerprint density at radius 3 is 2.00 bits per heavy atom. The van der Waals surface area contributed by atoms with Crippen LogP contribution in [0.15, 0.2) is 54.7 Å². The molecular formula is C19H26O2. The summed E-state index contributed by atoms with van der Waals surface area (Å²) >= 11 is 0. The molecule has 0 bridgehead atoms. The van der Waals surface area contributed by atoms with E-state index < -0.39 is 0 Å². The van der Waals surface area contributed by atoms with Gasteiger partial charge in [-0.2, -0.15) is 0 Å². The minimum atomic E-state index is 0.128. The molecule has 0 heterocycles. The Labute approximate surface area is 128 Å². The van der Waals surface area contributed by atoms with Crippen molar-refractivity contribution in [2.45, 2.75) is 45.4 Å². The van der Waals surface area contributed by atoms with Crippen LogP contribution < -0.4 is 0 Å². The van der Waals surface area contributed by atoms with Gasteiger partial charge in [-0.3, -0.25) is 0 Å². The SMILES string of the molecule is CC/C=C/C/C=C\C/C=C\CCCc1cc(O)cc(O)c1. The van der Waals surface area contributed by atoms with Crippen LogP contribution in [-0.4, -0.2) is 10.2 Å². The predicted molar refractivity (Wildman–Crippen MR) is 89.7 cm³/mol. The molecule has 1 rings (SSSR count). The molecule has 2 N–H and O–H groups in total. The van der Waals surface area contributed by atoms with Gasteiger partial charge in [0.1, 0.15) is 11.5 Å². The van der Waals surface area contributed by atoms with Crippen LogP contribution in [0, 0.1) is 0 Å². The number of rotatable bonds is 9. The maximum Gasteiger partial charge on any atom is 0.119 e. The van der Waals surface area contributed by atoms with E-state index in [1.54, 1.807) is 12.1 Å². The summed E-state index contributed by atoms with van der Waals surface area (Å²) in [6, 6.07) is 4.76. The number of phenols is 2. The third-order valence-corrected chi connectivity index (χ3v) is 3.08. The molecule has 0 aromatic heterocycles. The lowest BCUT2D eigenvalue weighted by atomic mass is 10.1. The summed E-state index contributed by atoms with van der Waals surface area (Å²) in [4.78, 5) is 0. The highest BCUT2D eigenvalue weighted by Crippen LogP contribution is 2.21. The standard InChI is InChI=1S/C19H26O2/c1-2-3-4-5-6-7-8-9-10-11-12-13-17-14-18(20)16-19(21)15-17/h3-4,6-7,9-10,14-16,20-21H,2,5,8,11-13H2,1H3/b4-3+,7-6-,10-9-. The van der Waals surface area contributed by atoms with Crippen molar-refractivity contribution in [1.29, 1.82) is 0 Å². The van der Waals surface area contributed by atoms with E-state index in [0.29, 0.717) is 0 Å². The highest BCUT2D eigenvalue weighted by atomic mass is 16.3. The van der Waals surface area contributed by atoms with Gasteiger partial charge in [-0.25, -0.2) is 0 Å². The maximum atomic E-state index is 9.38. The molecule has 0 saturated heterocycles. The molecule has 0 aliphatic rings. The largest absolute Gasteiger partial charge is 0.508 e. The fourth-order valence-corrected chi connectivity index (χ4v) is 2.05. The van der Waals surface area contributed by atoms with Gasteiger partial charge in [-0.15, -0.1) is 0 Å². The number of allylic oxidation sites excluding steroid dienone is 6. The smallest absolute Gasteiger partial charge is 0.119 e. The summed E-state index contributed by atoms with van der Waals surface area (Å²) in [6.45, 7) is 2.14. The lowest BCUT2D eigenvalue weighted by Crippen LogP contribution is -1.84. The van der Waals surface area contributed by atoms with Gasteiger partial charge >= 0.3 is 0 Å². The molecule has 0 radical (unpaired) electrons. The van der Waals surface area contributed by atoms with Crippen LogP contribution in [0.4, 0.5) is 0 Å². The van der Waals surface area contributed by atoms with Gasteiger partial charge in [0, 0.05) is 6.07 Å². The first-order valence-electron chi connectivity index (χ1n) is 7.69. The molecule has 114 valence electrons. The molecular weight excluding hydrogens is 260 g/mol. The zero-order valence-electron chi connectivity index (χ0n) is 12.8. The van der Waals surface area contributed by atoms with Gasteiger partial charge in [-0.1, -0.05) is 43.4 Å². The van der Waals surface area contributed by atoms with Gasteiger partial charge in [-0.05, 0) is 56.2 Å². The van der Waals surface area contributed by atoms with Crippen LogP contribution in [0.3, 0.4) is 0 Å². The first kappa shape index (κ1) is 17.1. The van der Waals surface area contributed by atoms with Gasteiger partial charge in [0.2, 0.25) is 0 Å². The number of unbranched alkanes of at least 4 members (excludes halogenated alkanes) is 1. The highest BCUT2D eigenvalue weighted by Gasteiger charge is 1.98. The lowest BCUT2D eigenvalue weighted by Gasteiger charge is -2.02. The first-order valence-corrected chi connectivity index (χ1v) is 7.69. The molecule has 0 aliphatic carbocycles. The molecule has 0 spiro atoms. The predicted octanol–water partition coefficient (Wildman–Crippen LogP) is 5.28. The Morgan fingerprint density at radius 2 is 1.38 bits per heavy atom. The molecule has 0 unspecified atom stereocenters. The Morgan fingerprint density at radius 1 is 0.810 bits per heavy atom. The minimum Gasteiger partial charge on any atom is -0.508 e. The van der Waals surface area contributed by atoms with E-state index in [9.17, 15) is 10.2 Å². The fourth-order valence-electron chi connectivity index (χ4n) is 2.05. The van der Waals surface area contributed by atoms with Crippen LogP contribution in [0.1, 0.15) is 44.6 Å². The van der Waals surface area contributed by atoms with Crippen LogP contribution in [-0.2, 0) is 6.42 Å². The highest BCUT2D eigenvalue weighted by molar-refractivity contribution is 5.36. The summed E-state index contributed by atoms with van der Waals surface area (Å²) in [7, 11) is 0. The Bertz CT molecular complexity index is 464. The summed E-state index contributed by atoms with van der Waals surface area (Å²) in [5.74, 6) is 0.255. The van der Waals surface area contributed by atoms with Crippen molar-refractivity contribution < 1.29 is 10.2 Å². The van der Waals surface area contributed by atoms with E-state index in [0.717, 1.165) is 44.1 Å². The van der Waals surface area contributed by atoms with E-state index in [1.165, 1.54) is 6.07 Å². The summed E-state index contributed by atoms with van der Waals surface area (Å²) in [5, 5.41) is 18.8. The van der Waals surface area contributed by atoms with E-state index in [-0.39, 0.29) is 11.5 Å². The van der Waals surface area contributed by atoms with Gasteiger partial charge in [0.15, 0.2) is 0 Å². The first-order chi connectivity index (χ1) is 10.2. The summed E-state index contributed by atoms with van der Waals surface area (Å²) < 4.78 is 0. The average Bonchev–Trinajstić information content (AvgIpc) is 2.44. The number of hydrogen-bond donors (Lipinski definition) is 2. The van der Waals surface area contributed by atoms with Crippen LogP contribution in [0.25, 0.3) is 0 Å². The quantitative estimate of drug-likeness (QED) is 0.479. The topological polar surface area (TPSA) is 40.5 Å². The molecule has 2 heteroatoms. The Kier molecular flexibility index (Phi) is 8.78. The van der Waals surface area contributed by atoms with E-state index in [2.05, 4.69) is 43.4 Å². The average molecular weight is 286 g/mol. The number of aryl methyl sites for hydroxylation is 1. The molecule has 1 aromatic carbocycles. The zero-order valence-corrected chi connectivity index (χ0v) is 12.8. The summed E-state index contributed by atoms with van der Waals surface area (Å²) in [5.41, 5.74) is 0.975. The van der Waals surface area contributed by atoms with Crippen molar-refractivity contribution in [3.8, 4) is 11.5 Å². The van der Waals surface area contributed by atoms with E-state index in [4.69, 9.17) is 0 Å². The van der Waals surface area contributed by atoms with Crippen LogP contribution >= 0.6 is 0 Å². The molecule has 0 aliphatic heterocycles. The second kappa shape index (κ2) is 10.8. The lowest BCUT2D eigenvalue weighted by molar-refractivity contribution is 0.449. The maximum absolute atomic E-state index is 9.38. The third kappa shape index (κ3) is 8.74. The molecule has 0 fully saturated rings. The van der Waals surface area contributed by atoms with Crippen molar-refractivity contribution in [2.24, 2.45) is 0 Å². The Hall–Kier alpha value is -1.96. The molecule has 1 aromatic rings. The third-order valence-electron chi connectivity index (χ3n) is 3.08. The van der Waals surface area contributed by atoms with Crippen LogP contribution in [0.2, 0.25) is 0 Å². The van der Waals surface area contributed by atoms with Gasteiger partial charge in [0.25, 0.3) is 0 Å². The van der Waals surface area contributed by atoms with Gasteiger partial charge in [0.05, 0.1) is 0 Å². The van der Waals surface area contributed by atoms with E-state index >= 15 is 0 Å². The van der Waals surface area contributed by atoms with Crippen LogP contribution in [0.5, 0.6) is 11.5 Å². The monoisotopic (exact) mass is 286 g/mol. The van der Waals surface area contributed by atoms with Crippen molar-refractivity contribution >= 4 is 0 Å². The second-order valence-electron chi connectivity index (χ2n) is 5.04. The Balaban J connectivity index is 2.13. The normalized spacial score (nSPS) is 12.0. The second-order valence-corrected chi connectivity index (χ2v) is 5.04. The van der Waals surface area contributed by atoms with Gasteiger partial charge < -0.3 is 10.2 Å². The zero-order chi connectivity index (χ0) is 15.3. The van der Waals surface area contributed by atoms with E-state index in [1.807, 2.05) is 0 Å². The van der Waals surface area contributed by atoms with Crippen molar-refractivity contribution in [2.75, 3.05) is 0 Å². The molecule has 0 amide bonds. The number of benzene rings is 1.